The van der Waals surface area contributed by atoms with Crippen LogP contribution in [-0.2, 0) is 14.4 Å². The summed E-state index contributed by atoms with van der Waals surface area (Å²) in [5.74, 6) is -0.840. The largest absolute Gasteiger partial charge is 0.481 e. The van der Waals surface area contributed by atoms with Crippen LogP contribution < -0.4 is 10.2 Å². The summed E-state index contributed by atoms with van der Waals surface area (Å²) >= 11 is 1.26. The van der Waals surface area contributed by atoms with Gasteiger partial charge in [-0.3, -0.25) is 14.4 Å². The van der Waals surface area contributed by atoms with Gasteiger partial charge in [-0.1, -0.05) is 12.1 Å². The molecule has 0 saturated carbocycles. The molecular weight excluding hydrogens is 328 g/mol. The third kappa shape index (κ3) is 4.50. The van der Waals surface area contributed by atoms with Crippen molar-refractivity contribution in [1.82, 2.24) is 5.32 Å². The fraction of sp³-hybridized carbons (Fsp3) is 0.471. The zero-order chi connectivity index (χ0) is 17.7. The molecule has 0 spiro atoms. The second-order valence-electron chi connectivity index (χ2n) is 5.86. The molecule has 1 aliphatic heterocycles. The van der Waals surface area contributed by atoms with E-state index in [-0.39, 0.29) is 29.9 Å². The predicted molar refractivity (Wildman–Crippen MR) is 94.3 cm³/mol. The monoisotopic (exact) mass is 350 g/mol. The highest BCUT2D eigenvalue weighted by atomic mass is 32.2. The van der Waals surface area contributed by atoms with Crippen LogP contribution in [0.1, 0.15) is 17.5 Å². The summed E-state index contributed by atoms with van der Waals surface area (Å²) in [5, 5.41) is 11.3. The van der Waals surface area contributed by atoms with Crippen LogP contribution in [-0.4, -0.2) is 47.5 Å². The number of benzene rings is 1. The lowest BCUT2D eigenvalue weighted by Crippen LogP contribution is -2.34. The summed E-state index contributed by atoms with van der Waals surface area (Å²) in [6.45, 7) is 4.77. The number of nitrogens with one attached hydrogen (secondary N) is 1. The summed E-state index contributed by atoms with van der Waals surface area (Å²) in [4.78, 5) is 36.6. The first-order valence-electron chi connectivity index (χ1n) is 7.84. The van der Waals surface area contributed by atoms with Gasteiger partial charge in [-0.15, -0.1) is 11.8 Å². The minimum Gasteiger partial charge on any atom is -0.481 e. The molecule has 1 saturated heterocycles. The molecule has 0 aromatic heterocycles. The van der Waals surface area contributed by atoms with Crippen molar-refractivity contribution in [2.45, 2.75) is 20.3 Å². The van der Waals surface area contributed by atoms with Crippen LogP contribution in [0.2, 0.25) is 0 Å². The van der Waals surface area contributed by atoms with Crippen LogP contribution in [0.4, 0.5) is 5.69 Å². The number of hydrogen-bond acceptors (Lipinski definition) is 4. The molecular formula is C17H22N2O4S. The molecule has 1 aromatic rings. The van der Waals surface area contributed by atoms with Gasteiger partial charge < -0.3 is 15.3 Å². The Morgan fingerprint density at radius 1 is 1.38 bits per heavy atom. The third-order valence-electron chi connectivity index (χ3n) is 4.13. The number of carboxylic acid groups (broad SMARTS) is 1. The van der Waals surface area contributed by atoms with Crippen molar-refractivity contribution in [2.75, 3.05) is 29.5 Å². The minimum absolute atomic E-state index is 0.0260. The molecule has 1 heterocycles. The van der Waals surface area contributed by atoms with E-state index in [1.54, 1.807) is 4.90 Å². The van der Waals surface area contributed by atoms with Gasteiger partial charge in [-0.05, 0) is 31.0 Å². The zero-order valence-corrected chi connectivity index (χ0v) is 14.7. The van der Waals surface area contributed by atoms with Crippen molar-refractivity contribution < 1.29 is 19.5 Å². The molecule has 7 heteroatoms. The number of aryl methyl sites for hydroxylation is 1. The Balaban J connectivity index is 1.88. The Hall–Kier alpha value is -2.02. The predicted octanol–water partition coefficient (Wildman–Crippen LogP) is 1.59. The lowest BCUT2D eigenvalue weighted by Gasteiger charge is -2.20. The van der Waals surface area contributed by atoms with E-state index in [9.17, 15) is 14.4 Å². The van der Waals surface area contributed by atoms with Crippen molar-refractivity contribution in [3.63, 3.8) is 0 Å². The standard InChI is InChI=1S/C17H22N2O4S/c1-11-4-3-5-14(12(11)2)19-9-13(8-15(19)20)17(23)18-6-7-24-10-16(21)22/h3-5,13H,6-10H2,1-2H3,(H,18,23)(H,21,22). The van der Waals surface area contributed by atoms with Crippen molar-refractivity contribution in [1.29, 1.82) is 0 Å². The summed E-state index contributed by atoms with van der Waals surface area (Å²) in [6.07, 6.45) is 0.210. The van der Waals surface area contributed by atoms with Gasteiger partial charge in [0.2, 0.25) is 11.8 Å². The fourth-order valence-electron chi connectivity index (χ4n) is 2.69. The maximum absolute atomic E-state index is 12.3. The van der Waals surface area contributed by atoms with E-state index in [1.807, 2.05) is 32.0 Å². The first-order valence-corrected chi connectivity index (χ1v) is 8.99. The Morgan fingerprint density at radius 3 is 2.83 bits per heavy atom. The molecule has 130 valence electrons. The number of carbonyl (C=O) groups excluding carboxylic acids is 2. The smallest absolute Gasteiger partial charge is 0.313 e. The Kier molecular flexibility index (Phi) is 6.25. The average molecular weight is 350 g/mol. The topological polar surface area (TPSA) is 86.7 Å². The summed E-state index contributed by atoms with van der Waals surface area (Å²) in [7, 11) is 0. The van der Waals surface area contributed by atoms with Crippen LogP contribution in [0.15, 0.2) is 18.2 Å². The summed E-state index contributed by atoms with van der Waals surface area (Å²) < 4.78 is 0. The maximum atomic E-state index is 12.3. The minimum atomic E-state index is -0.864. The fourth-order valence-corrected chi connectivity index (χ4v) is 3.26. The van der Waals surface area contributed by atoms with E-state index in [0.717, 1.165) is 16.8 Å². The molecule has 2 rings (SSSR count). The molecule has 1 unspecified atom stereocenters. The van der Waals surface area contributed by atoms with Crippen molar-refractivity contribution in [2.24, 2.45) is 5.92 Å². The van der Waals surface area contributed by atoms with Crippen LogP contribution in [0.5, 0.6) is 0 Å². The highest BCUT2D eigenvalue weighted by molar-refractivity contribution is 7.99. The van der Waals surface area contributed by atoms with E-state index in [0.29, 0.717) is 18.8 Å². The number of amides is 2. The molecule has 0 radical (unpaired) electrons. The molecule has 6 nitrogen and oxygen atoms in total. The number of anilines is 1. The van der Waals surface area contributed by atoms with Gasteiger partial charge >= 0.3 is 5.97 Å². The second-order valence-corrected chi connectivity index (χ2v) is 6.97. The van der Waals surface area contributed by atoms with Gasteiger partial charge in [0.15, 0.2) is 0 Å². The van der Waals surface area contributed by atoms with Gasteiger partial charge in [-0.25, -0.2) is 0 Å². The molecule has 1 aliphatic rings. The molecule has 2 amide bonds. The van der Waals surface area contributed by atoms with Crippen LogP contribution in [0.25, 0.3) is 0 Å². The lowest BCUT2D eigenvalue weighted by atomic mass is 10.1. The SMILES string of the molecule is Cc1cccc(N2CC(C(=O)NCCSCC(=O)O)CC2=O)c1C. The van der Waals surface area contributed by atoms with E-state index >= 15 is 0 Å². The van der Waals surface area contributed by atoms with E-state index in [4.69, 9.17) is 5.11 Å². The van der Waals surface area contributed by atoms with Gasteiger partial charge in [0.1, 0.15) is 0 Å². The van der Waals surface area contributed by atoms with Crippen molar-refractivity contribution in [3.8, 4) is 0 Å². The molecule has 1 atom stereocenters. The maximum Gasteiger partial charge on any atom is 0.313 e. The average Bonchev–Trinajstić information content (AvgIpc) is 2.91. The number of aliphatic carboxylic acids is 1. The van der Waals surface area contributed by atoms with Gasteiger partial charge in [0.25, 0.3) is 0 Å². The lowest BCUT2D eigenvalue weighted by molar-refractivity contribution is -0.134. The number of thioether (sulfide) groups is 1. The molecule has 1 aromatic carbocycles. The first-order chi connectivity index (χ1) is 11.4. The highest BCUT2D eigenvalue weighted by Gasteiger charge is 2.35. The molecule has 1 fully saturated rings. The Labute approximate surface area is 145 Å². The first kappa shape index (κ1) is 18.3. The van der Waals surface area contributed by atoms with Gasteiger partial charge in [0.05, 0.1) is 11.7 Å². The molecule has 24 heavy (non-hydrogen) atoms. The Bertz CT molecular complexity index is 647. The Morgan fingerprint density at radius 2 is 2.12 bits per heavy atom. The van der Waals surface area contributed by atoms with Gasteiger partial charge in [0, 0.05) is 31.0 Å². The quantitative estimate of drug-likeness (QED) is 0.729. The number of nitrogens with zero attached hydrogens (tertiary/aromatic N) is 1. The van der Waals surface area contributed by atoms with Crippen molar-refractivity contribution >= 4 is 35.2 Å². The van der Waals surface area contributed by atoms with Crippen LogP contribution in [0.3, 0.4) is 0 Å². The van der Waals surface area contributed by atoms with Crippen LogP contribution >= 0.6 is 11.8 Å². The second kappa shape index (κ2) is 8.19. The van der Waals surface area contributed by atoms with E-state index in [2.05, 4.69) is 5.32 Å². The normalized spacial score (nSPS) is 17.2. The van der Waals surface area contributed by atoms with Gasteiger partial charge in [-0.2, -0.15) is 0 Å². The summed E-state index contributed by atoms with van der Waals surface area (Å²) in [5.41, 5.74) is 3.04. The van der Waals surface area contributed by atoms with Crippen LogP contribution in [0, 0.1) is 19.8 Å². The number of rotatable bonds is 7. The number of carbonyl (C=O) groups is 3. The third-order valence-corrected chi connectivity index (χ3v) is 5.08. The summed E-state index contributed by atoms with van der Waals surface area (Å²) in [6, 6.07) is 5.82. The van der Waals surface area contributed by atoms with E-state index in [1.165, 1.54) is 11.8 Å². The highest BCUT2D eigenvalue weighted by Crippen LogP contribution is 2.29. The molecule has 0 aliphatic carbocycles. The number of carboxylic acids is 1. The zero-order valence-electron chi connectivity index (χ0n) is 13.9. The number of hydrogen-bond donors (Lipinski definition) is 2. The molecule has 0 bridgehead atoms. The van der Waals surface area contributed by atoms with Crippen molar-refractivity contribution in [3.05, 3.63) is 29.3 Å². The van der Waals surface area contributed by atoms with E-state index < -0.39 is 5.97 Å². The molecule has 2 N–H and O–H groups in total.